The van der Waals surface area contributed by atoms with Crippen LogP contribution >= 0.6 is 31.9 Å². The van der Waals surface area contributed by atoms with Crippen molar-refractivity contribution >= 4 is 31.9 Å². The van der Waals surface area contributed by atoms with Gasteiger partial charge in [-0.25, -0.2) is 0 Å². The van der Waals surface area contributed by atoms with Crippen LogP contribution in [-0.4, -0.2) is 7.11 Å². The zero-order valence-electron chi connectivity index (χ0n) is 8.71. The molecule has 0 heterocycles. The molecule has 0 unspecified atom stereocenters. The number of halogens is 2. The second-order valence-electron chi connectivity index (χ2n) is 3.33. The van der Waals surface area contributed by atoms with Gasteiger partial charge in [-0.15, -0.1) is 0 Å². The van der Waals surface area contributed by atoms with Crippen molar-refractivity contribution in [2.75, 3.05) is 7.11 Å². The van der Waals surface area contributed by atoms with Gasteiger partial charge < -0.3 is 4.74 Å². The monoisotopic (exact) mass is 340 g/mol. The average molecular weight is 342 g/mol. The topological polar surface area (TPSA) is 9.23 Å². The highest BCUT2D eigenvalue weighted by atomic mass is 79.9. The first kappa shape index (κ1) is 11.7. The van der Waals surface area contributed by atoms with Gasteiger partial charge in [-0.2, -0.15) is 0 Å². The molecule has 2 rings (SSSR count). The molecule has 3 heteroatoms. The predicted octanol–water partition coefficient (Wildman–Crippen LogP) is 4.89. The van der Waals surface area contributed by atoms with Crippen molar-refractivity contribution < 1.29 is 4.74 Å². The van der Waals surface area contributed by atoms with Gasteiger partial charge in [0.15, 0.2) is 0 Å². The van der Waals surface area contributed by atoms with Crippen LogP contribution in [0.2, 0.25) is 0 Å². The molecule has 0 saturated carbocycles. The molecule has 0 aliphatic rings. The van der Waals surface area contributed by atoms with Crippen molar-refractivity contribution in [3.8, 4) is 16.9 Å². The third-order valence-corrected chi connectivity index (χ3v) is 3.69. The summed E-state index contributed by atoms with van der Waals surface area (Å²) >= 11 is 7.11. The first-order valence-electron chi connectivity index (χ1n) is 4.81. The molecule has 0 fully saturated rings. The van der Waals surface area contributed by atoms with Crippen LogP contribution in [0.15, 0.2) is 51.4 Å². The molecule has 0 saturated heterocycles. The lowest BCUT2D eigenvalue weighted by atomic mass is 10.1. The van der Waals surface area contributed by atoms with Crippen molar-refractivity contribution in [1.29, 1.82) is 0 Å². The molecule has 16 heavy (non-hydrogen) atoms. The van der Waals surface area contributed by atoms with Crippen molar-refractivity contribution in [3.63, 3.8) is 0 Å². The predicted molar refractivity (Wildman–Crippen MR) is 73.8 cm³/mol. The van der Waals surface area contributed by atoms with Gasteiger partial charge in [-0.1, -0.05) is 50.1 Å². The van der Waals surface area contributed by atoms with Crippen LogP contribution in [0.1, 0.15) is 0 Å². The van der Waals surface area contributed by atoms with E-state index in [1.165, 1.54) is 0 Å². The van der Waals surface area contributed by atoms with E-state index in [9.17, 15) is 0 Å². The van der Waals surface area contributed by atoms with Gasteiger partial charge in [-0.3, -0.25) is 0 Å². The number of methoxy groups -OCH3 is 1. The molecule has 0 atom stereocenters. The molecule has 0 bridgehead atoms. The highest BCUT2D eigenvalue weighted by molar-refractivity contribution is 9.11. The highest BCUT2D eigenvalue weighted by Gasteiger charge is 2.07. The normalized spacial score (nSPS) is 10.2. The number of hydrogen-bond acceptors (Lipinski definition) is 1. The van der Waals surface area contributed by atoms with Gasteiger partial charge in [0.2, 0.25) is 0 Å². The fourth-order valence-corrected chi connectivity index (χ4v) is 2.59. The van der Waals surface area contributed by atoms with Crippen LogP contribution in [0, 0.1) is 0 Å². The largest absolute Gasteiger partial charge is 0.497 e. The first-order valence-corrected chi connectivity index (χ1v) is 6.39. The quantitative estimate of drug-likeness (QED) is 0.755. The Kier molecular flexibility index (Phi) is 3.66. The molecule has 0 spiro atoms. The summed E-state index contributed by atoms with van der Waals surface area (Å²) in [7, 11) is 1.67. The molecule has 0 aliphatic heterocycles. The number of rotatable bonds is 2. The summed E-state index contributed by atoms with van der Waals surface area (Å²) in [6.07, 6.45) is 0. The SMILES string of the molecule is COc1ccc(-c2ccccc2Br)c(Br)c1. The summed E-state index contributed by atoms with van der Waals surface area (Å²) < 4.78 is 7.29. The van der Waals surface area contributed by atoms with Crippen molar-refractivity contribution in [2.45, 2.75) is 0 Å². The Balaban J connectivity index is 2.53. The maximum Gasteiger partial charge on any atom is 0.120 e. The maximum absolute atomic E-state index is 5.17. The van der Waals surface area contributed by atoms with E-state index in [0.29, 0.717) is 0 Å². The van der Waals surface area contributed by atoms with Crippen molar-refractivity contribution in [1.82, 2.24) is 0 Å². The maximum atomic E-state index is 5.17. The minimum atomic E-state index is 0.850. The second kappa shape index (κ2) is 5.02. The van der Waals surface area contributed by atoms with Gasteiger partial charge in [0.1, 0.15) is 5.75 Å². The Morgan fingerprint density at radius 2 is 1.56 bits per heavy atom. The average Bonchev–Trinajstić information content (AvgIpc) is 2.30. The van der Waals surface area contributed by atoms with Crippen LogP contribution in [0.3, 0.4) is 0 Å². The van der Waals surface area contributed by atoms with E-state index in [0.717, 1.165) is 25.8 Å². The van der Waals surface area contributed by atoms with Gasteiger partial charge in [0, 0.05) is 8.95 Å². The Hall–Kier alpha value is -0.800. The summed E-state index contributed by atoms with van der Waals surface area (Å²) in [4.78, 5) is 0. The minimum Gasteiger partial charge on any atom is -0.497 e. The van der Waals surface area contributed by atoms with Crippen LogP contribution in [-0.2, 0) is 0 Å². The minimum absolute atomic E-state index is 0.850. The lowest BCUT2D eigenvalue weighted by Gasteiger charge is -2.08. The lowest BCUT2D eigenvalue weighted by molar-refractivity contribution is 0.414. The molecule has 2 aromatic rings. The van der Waals surface area contributed by atoms with Crippen molar-refractivity contribution in [3.05, 3.63) is 51.4 Å². The van der Waals surface area contributed by atoms with Gasteiger partial charge in [0.05, 0.1) is 7.11 Å². The van der Waals surface area contributed by atoms with E-state index in [1.807, 2.05) is 36.4 Å². The van der Waals surface area contributed by atoms with Crippen LogP contribution in [0.5, 0.6) is 5.75 Å². The molecule has 0 aliphatic carbocycles. The van der Waals surface area contributed by atoms with Crippen LogP contribution < -0.4 is 4.74 Å². The summed E-state index contributed by atoms with van der Waals surface area (Å²) in [5.41, 5.74) is 2.31. The third-order valence-electron chi connectivity index (χ3n) is 2.34. The highest BCUT2D eigenvalue weighted by Crippen LogP contribution is 2.35. The van der Waals surface area contributed by atoms with Gasteiger partial charge >= 0.3 is 0 Å². The standard InChI is InChI=1S/C13H10Br2O/c1-16-9-6-7-11(13(15)8-9)10-4-2-3-5-12(10)14/h2-8H,1H3. The van der Waals surface area contributed by atoms with E-state index >= 15 is 0 Å². The molecular weight excluding hydrogens is 332 g/mol. The molecule has 0 amide bonds. The fraction of sp³-hybridized carbons (Fsp3) is 0.0769. The Labute approximate surface area is 112 Å². The van der Waals surface area contributed by atoms with E-state index in [1.54, 1.807) is 7.11 Å². The summed E-state index contributed by atoms with van der Waals surface area (Å²) in [5.74, 6) is 0.850. The fourth-order valence-electron chi connectivity index (χ4n) is 1.52. The van der Waals surface area contributed by atoms with Gasteiger partial charge in [0.25, 0.3) is 0 Å². The molecular formula is C13H10Br2O. The van der Waals surface area contributed by atoms with Crippen molar-refractivity contribution in [2.24, 2.45) is 0 Å². The van der Waals surface area contributed by atoms with E-state index < -0.39 is 0 Å². The third kappa shape index (κ3) is 2.30. The molecule has 82 valence electrons. The summed E-state index contributed by atoms with van der Waals surface area (Å²) in [6, 6.07) is 14.1. The molecule has 0 radical (unpaired) electrons. The molecule has 0 N–H and O–H groups in total. The van der Waals surface area contributed by atoms with E-state index in [2.05, 4.69) is 37.9 Å². The van der Waals surface area contributed by atoms with E-state index in [-0.39, 0.29) is 0 Å². The molecule has 2 aromatic carbocycles. The Morgan fingerprint density at radius 1 is 0.875 bits per heavy atom. The lowest BCUT2D eigenvalue weighted by Crippen LogP contribution is -1.85. The summed E-state index contributed by atoms with van der Waals surface area (Å²) in [6.45, 7) is 0. The summed E-state index contributed by atoms with van der Waals surface area (Å²) in [5, 5.41) is 0. The molecule has 1 nitrogen and oxygen atoms in total. The zero-order chi connectivity index (χ0) is 11.5. The Morgan fingerprint density at radius 3 is 2.19 bits per heavy atom. The van der Waals surface area contributed by atoms with Crippen LogP contribution in [0.4, 0.5) is 0 Å². The van der Waals surface area contributed by atoms with E-state index in [4.69, 9.17) is 4.74 Å². The zero-order valence-corrected chi connectivity index (χ0v) is 11.9. The molecule has 0 aromatic heterocycles. The Bertz CT molecular complexity index is 509. The van der Waals surface area contributed by atoms with Gasteiger partial charge in [-0.05, 0) is 35.4 Å². The number of benzene rings is 2. The first-order chi connectivity index (χ1) is 7.72. The second-order valence-corrected chi connectivity index (χ2v) is 5.03. The smallest absolute Gasteiger partial charge is 0.120 e. The van der Waals surface area contributed by atoms with Crippen LogP contribution in [0.25, 0.3) is 11.1 Å². The number of hydrogen-bond donors (Lipinski definition) is 0. The number of ether oxygens (including phenoxy) is 1.